The van der Waals surface area contributed by atoms with Crippen molar-refractivity contribution in [3.8, 4) is 17.6 Å². The van der Waals surface area contributed by atoms with Crippen molar-refractivity contribution in [3.63, 3.8) is 0 Å². The van der Waals surface area contributed by atoms with Gasteiger partial charge in [0.25, 0.3) is 5.91 Å². The lowest BCUT2D eigenvalue weighted by molar-refractivity contribution is -0.144. The number of nitriles is 1. The van der Waals surface area contributed by atoms with E-state index in [0.717, 1.165) is 11.1 Å². The quantitative estimate of drug-likeness (QED) is 0.545. The molecule has 0 spiro atoms. The fourth-order valence-corrected chi connectivity index (χ4v) is 3.12. The highest BCUT2D eigenvalue weighted by molar-refractivity contribution is 5.89. The lowest BCUT2D eigenvalue weighted by Gasteiger charge is -2.25. The van der Waals surface area contributed by atoms with E-state index in [1.54, 1.807) is 30.3 Å². The first kappa shape index (κ1) is 21.9. The van der Waals surface area contributed by atoms with Crippen molar-refractivity contribution in [2.75, 3.05) is 19.8 Å². The summed E-state index contributed by atoms with van der Waals surface area (Å²) < 4.78 is 16.2. The number of ether oxygens (including phenoxy) is 3. The normalized spacial score (nSPS) is 13.5. The van der Waals surface area contributed by atoms with Crippen LogP contribution in [0.25, 0.3) is 6.08 Å². The van der Waals surface area contributed by atoms with Crippen LogP contribution in [0.2, 0.25) is 0 Å². The summed E-state index contributed by atoms with van der Waals surface area (Å²) in [6.45, 7) is 4.61. The fourth-order valence-electron chi connectivity index (χ4n) is 3.12. The molecule has 2 aromatic rings. The summed E-state index contributed by atoms with van der Waals surface area (Å²) in [4.78, 5) is 24.3. The molecule has 0 fully saturated rings. The molecule has 1 heterocycles. The van der Waals surface area contributed by atoms with Crippen LogP contribution in [0.15, 0.2) is 48.5 Å². The zero-order chi connectivity index (χ0) is 22.2. The van der Waals surface area contributed by atoms with Crippen LogP contribution in [-0.2, 0) is 14.3 Å². The molecule has 0 radical (unpaired) electrons. The summed E-state index contributed by atoms with van der Waals surface area (Å²) in [6.07, 6.45) is 2.81. The number of esters is 1. The Morgan fingerprint density at radius 1 is 1.13 bits per heavy atom. The van der Waals surface area contributed by atoms with Crippen LogP contribution >= 0.6 is 0 Å². The number of rotatable bonds is 7. The van der Waals surface area contributed by atoms with Crippen LogP contribution in [0.4, 0.5) is 0 Å². The standard InChI is InChI=1S/C24H24N2O5/c1-16(2)24(19-8-9-20-21(13-19)30-12-11-29-20)26-22(27)15-31-23(28)10-7-17-3-5-18(14-25)6-4-17/h3-10,13,16,24H,11-12,15H2,1-2H3,(H,26,27)/b10-7+/t24-/m0/s1. The highest BCUT2D eigenvalue weighted by atomic mass is 16.6. The number of amides is 1. The molecule has 1 amide bonds. The van der Waals surface area contributed by atoms with E-state index in [0.29, 0.717) is 30.3 Å². The van der Waals surface area contributed by atoms with E-state index < -0.39 is 11.9 Å². The van der Waals surface area contributed by atoms with Gasteiger partial charge in [0, 0.05) is 6.08 Å². The van der Waals surface area contributed by atoms with Crippen molar-refractivity contribution in [2.24, 2.45) is 5.92 Å². The maximum Gasteiger partial charge on any atom is 0.331 e. The minimum absolute atomic E-state index is 0.110. The zero-order valence-electron chi connectivity index (χ0n) is 17.5. The SMILES string of the molecule is CC(C)[C@H](NC(=O)COC(=O)/C=C/c1ccc(C#N)cc1)c1ccc2c(c1)OCCO2. The van der Waals surface area contributed by atoms with Gasteiger partial charge in [-0.1, -0.05) is 32.0 Å². The molecular formula is C24H24N2O5. The van der Waals surface area contributed by atoms with Crippen LogP contribution in [0.5, 0.6) is 11.5 Å². The largest absolute Gasteiger partial charge is 0.486 e. The van der Waals surface area contributed by atoms with Gasteiger partial charge < -0.3 is 19.5 Å². The van der Waals surface area contributed by atoms with Gasteiger partial charge in [-0.2, -0.15) is 5.26 Å². The van der Waals surface area contributed by atoms with Gasteiger partial charge in [0.1, 0.15) is 13.2 Å². The molecule has 0 aliphatic carbocycles. The smallest absolute Gasteiger partial charge is 0.331 e. The van der Waals surface area contributed by atoms with E-state index in [9.17, 15) is 9.59 Å². The van der Waals surface area contributed by atoms with E-state index >= 15 is 0 Å². The highest BCUT2D eigenvalue weighted by Crippen LogP contribution is 2.34. The van der Waals surface area contributed by atoms with Gasteiger partial charge in [0.2, 0.25) is 0 Å². The topological polar surface area (TPSA) is 97.7 Å². The van der Waals surface area contributed by atoms with Crippen molar-refractivity contribution in [1.29, 1.82) is 5.26 Å². The van der Waals surface area contributed by atoms with E-state index in [2.05, 4.69) is 5.32 Å². The second-order valence-electron chi connectivity index (χ2n) is 7.37. The van der Waals surface area contributed by atoms with Crippen LogP contribution in [-0.4, -0.2) is 31.7 Å². The molecule has 3 rings (SSSR count). The Bertz CT molecular complexity index is 1010. The Morgan fingerprint density at radius 2 is 1.84 bits per heavy atom. The molecule has 0 aromatic heterocycles. The number of benzene rings is 2. The molecule has 7 nitrogen and oxygen atoms in total. The van der Waals surface area contributed by atoms with Gasteiger partial charge in [0.05, 0.1) is 17.7 Å². The monoisotopic (exact) mass is 420 g/mol. The highest BCUT2D eigenvalue weighted by Gasteiger charge is 2.21. The molecule has 31 heavy (non-hydrogen) atoms. The third-order valence-corrected chi connectivity index (χ3v) is 4.71. The Kier molecular flexibility index (Phi) is 7.28. The third kappa shape index (κ3) is 6.09. The van der Waals surface area contributed by atoms with Gasteiger partial charge in [-0.05, 0) is 47.4 Å². The van der Waals surface area contributed by atoms with Gasteiger partial charge in [-0.15, -0.1) is 0 Å². The first-order chi connectivity index (χ1) is 15.0. The molecule has 1 atom stereocenters. The Hall–Kier alpha value is -3.79. The minimum atomic E-state index is -0.625. The summed E-state index contributed by atoms with van der Waals surface area (Å²) in [7, 11) is 0. The second-order valence-corrected chi connectivity index (χ2v) is 7.37. The van der Waals surface area contributed by atoms with Crippen molar-refractivity contribution < 1.29 is 23.8 Å². The number of carbonyl (C=O) groups is 2. The number of hydrogen-bond acceptors (Lipinski definition) is 6. The van der Waals surface area contributed by atoms with Crippen LogP contribution in [0.3, 0.4) is 0 Å². The zero-order valence-corrected chi connectivity index (χ0v) is 17.5. The Labute approximate surface area is 181 Å². The second kappa shape index (κ2) is 10.3. The van der Waals surface area contributed by atoms with E-state index in [-0.39, 0.29) is 18.6 Å². The molecule has 1 N–H and O–H groups in total. The van der Waals surface area contributed by atoms with E-state index in [1.165, 1.54) is 6.08 Å². The van der Waals surface area contributed by atoms with Crippen LogP contribution in [0, 0.1) is 17.2 Å². The van der Waals surface area contributed by atoms with Gasteiger partial charge in [-0.3, -0.25) is 4.79 Å². The van der Waals surface area contributed by atoms with Crippen LogP contribution < -0.4 is 14.8 Å². The predicted octanol–water partition coefficient (Wildman–Crippen LogP) is 3.40. The molecule has 0 bridgehead atoms. The molecule has 0 unspecified atom stereocenters. The third-order valence-electron chi connectivity index (χ3n) is 4.71. The lowest BCUT2D eigenvalue weighted by atomic mass is 9.95. The Morgan fingerprint density at radius 3 is 2.52 bits per heavy atom. The summed E-state index contributed by atoms with van der Waals surface area (Å²) in [6, 6.07) is 14.1. The molecular weight excluding hydrogens is 396 g/mol. The summed E-state index contributed by atoms with van der Waals surface area (Å²) in [5, 5.41) is 11.7. The number of hydrogen-bond donors (Lipinski definition) is 1. The number of carbonyl (C=O) groups excluding carboxylic acids is 2. The first-order valence-corrected chi connectivity index (χ1v) is 10.00. The molecule has 160 valence electrons. The predicted molar refractivity (Wildman–Crippen MR) is 114 cm³/mol. The molecule has 2 aromatic carbocycles. The van der Waals surface area contributed by atoms with E-state index in [1.807, 2.05) is 38.1 Å². The number of nitrogens with one attached hydrogen (secondary N) is 1. The lowest BCUT2D eigenvalue weighted by Crippen LogP contribution is -2.35. The molecule has 0 saturated carbocycles. The van der Waals surface area contributed by atoms with Crippen LogP contribution in [0.1, 0.15) is 36.6 Å². The molecule has 0 saturated heterocycles. The first-order valence-electron chi connectivity index (χ1n) is 10.00. The number of fused-ring (bicyclic) bond motifs is 1. The molecule has 1 aliphatic heterocycles. The maximum atomic E-state index is 12.4. The summed E-state index contributed by atoms with van der Waals surface area (Å²) >= 11 is 0. The molecule has 7 heteroatoms. The van der Waals surface area contributed by atoms with Crippen molar-refractivity contribution >= 4 is 18.0 Å². The molecule has 1 aliphatic rings. The minimum Gasteiger partial charge on any atom is -0.486 e. The van der Waals surface area contributed by atoms with Crippen molar-refractivity contribution in [1.82, 2.24) is 5.32 Å². The van der Waals surface area contributed by atoms with Gasteiger partial charge in [0.15, 0.2) is 18.1 Å². The average Bonchev–Trinajstić information content (AvgIpc) is 2.79. The van der Waals surface area contributed by atoms with E-state index in [4.69, 9.17) is 19.5 Å². The summed E-state index contributed by atoms with van der Waals surface area (Å²) in [5.74, 6) is 0.432. The summed E-state index contributed by atoms with van der Waals surface area (Å²) in [5.41, 5.74) is 2.17. The van der Waals surface area contributed by atoms with Crippen molar-refractivity contribution in [3.05, 3.63) is 65.2 Å². The fraction of sp³-hybridized carbons (Fsp3) is 0.292. The van der Waals surface area contributed by atoms with Crippen molar-refractivity contribution in [2.45, 2.75) is 19.9 Å². The Balaban J connectivity index is 1.54. The van der Waals surface area contributed by atoms with Gasteiger partial charge >= 0.3 is 5.97 Å². The van der Waals surface area contributed by atoms with Gasteiger partial charge in [-0.25, -0.2) is 4.79 Å². The number of nitrogens with zero attached hydrogens (tertiary/aromatic N) is 1. The maximum absolute atomic E-state index is 12.4. The average molecular weight is 420 g/mol.